The van der Waals surface area contributed by atoms with E-state index in [-0.39, 0.29) is 11.6 Å². The number of aromatic nitrogens is 2. The van der Waals surface area contributed by atoms with Crippen molar-refractivity contribution in [2.24, 2.45) is 0 Å². The Kier molecular flexibility index (Phi) is 3.54. The van der Waals surface area contributed by atoms with Crippen LogP contribution in [-0.2, 0) is 4.79 Å². The molecule has 0 saturated heterocycles. The first-order valence-corrected chi connectivity index (χ1v) is 8.08. The highest BCUT2D eigenvalue weighted by molar-refractivity contribution is 6.30. The molecule has 1 atom stereocenters. The SMILES string of the molecule is CC(C(=O)O)n1cc(-c2cccc3c2C(=O)c2ccccc2C3=O)cn1. The van der Waals surface area contributed by atoms with E-state index in [1.165, 1.54) is 17.8 Å². The van der Waals surface area contributed by atoms with Crippen LogP contribution in [0.3, 0.4) is 0 Å². The van der Waals surface area contributed by atoms with Gasteiger partial charge < -0.3 is 5.11 Å². The number of aliphatic carboxylic acids is 1. The molecule has 0 fully saturated rings. The van der Waals surface area contributed by atoms with Crippen LogP contribution >= 0.6 is 0 Å². The molecule has 1 aliphatic carbocycles. The molecule has 3 aromatic rings. The third kappa shape index (κ3) is 2.27. The molecule has 0 saturated carbocycles. The van der Waals surface area contributed by atoms with E-state index in [1.54, 1.807) is 48.7 Å². The topological polar surface area (TPSA) is 89.3 Å². The Morgan fingerprint density at radius 2 is 1.58 bits per heavy atom. The number of nitrogens with zero attached hydrogens (tertiary/aromatic N) is 2. The summed E-state index contributed by atoms with van der Waals surface area (Å²) in [6.07, 6.45) is 3.08. The summed E-state index contributed by atoms with van der Waals surface area (Å²) < 4.78 is 1.32. The normalized spacial score (nSPS) is 13.9. The number of carboxylic acid groups (broad SMARTS) is 1. The molecule has 128 valence electrons. The molecule has 0 spiro atoms. The molecule has 4 rings (SSSR count). The lowest BCUT2D eigenvalue weighted by atomic mass is 9.81. The van der Waals surface area contributed by atoms with E-state index in [2.05, 4.69) is 5.10 Å². The van der Waals surface area contributed by atoms with Crippen LogP contribution in [0.1, 0.15) is 44.8 Å². The Morgan fingerprint density at radius 1 is 0.962 bits per heavy atom. The maximum Gasteiger partial charge on any atom is 0.328 e. The van der Waals surface area contributed by atoms with Crippen molar-refractivity contribution in [2.45, 2.75) is 13.0 Å². The molecule has 0 radical (unpaired) electrons. The Balaban J connectivity index is 1.88. The minimum absolute atomic E-state index is 0.191. The molecule has 1 N–H and O–H groups in total. The van der Waals surface area contributed by atoms with Crippen LogP contribution in [0.4, 0.5) is 0 Å². The van der Waals surface area contributed by atoms with Gasteiger partial charge in [-0.05, 0) is 12.5 Å². The lowest BCUT2D eigenvalue weighted by molar-refractivity contribution is -0.140. The van der Waals surface area contributed by atoms with Gasteiger partial charge in [0.25, 0.3) is 0 Å². The summed E-state index contributed by atoms with van der Waals surface area (Å²) in [7, 11) is 0. The zero-order valence-electron chi connectivity index (χ0n) is 13.8. The summed E-state index contributed by atoms with van der Waals surface area (Å²) in [5.74, 6) is -1.41. The molecule has 6 nitrogen and oxygen atoms in total. The van der Waals surface area contributed by atoms with Crippen molar-refractivity contribution in [3.05, 3.63) is 77.1 Å². The quantitative estimate of drug-likeness (QED) is 0.616. The molecule has 1 heterocycles. The molecule has 1 aliphatic rings. The maximum atomic E-state index is 13.0. The van der Waals surface area contributed by atoms with Crippen LogP contribution in [-0.4, -0.2) is 32.4 Å². The average Bonchev–Trinajstić information content (AvgIpc) is 3.14. The summed E-state index contributed by atoms with van der Waals surface area (Å²) in [6.45, 7) is 1.52. The van der Waals surface area contributed by atoms with Gasteiger partial charge in [0.15, 0.2) is 11.6 Å². The fourth-order valence-electron chi connectivity index (χ4n) is 3.19. The van der Waals surface area contributed by atoms with Gasteiger partial charge in [-0.15, -0.1) is 0 Å². The maximum absolute atomic E-state index is 13.0. The number of ketones is 2. The van der Waals surface area contributed by atoms with E-state index < -0.39 is 12.0 Å². The van der Waals surface area contributed by atoms with Crippen molar-refractivity contribution in [3.63, 3.8) is 0 Å². The van der Waals surface area contributed by atoms with Crippen LogP contribution in [0.2, 0.25) is 0 Å². The number of carbonyl (C=O) groups is 3. The summed E-state index contributed by atoms with van der Waals surface area (Å²) in [6, 6.07) is 11.0. The largest absolute Gasteiger partial charge is 0.480 e. The number of carboxylic acids is 1. The monoisotopic (exact) mass is 346 g/mol. The van der Waals surface area contributed by atoms with Crippen LogP contribution < -0.4 is 0 Å². The van der Waals surface area contributed by atoms with Crippen molar-refractivity contribution < 1.29 is 19.5 Å². The average molecular weight is 346 g/mol. The molecule has 6 heteroatoms. The Hall–Kier alpha value is -3.54. The minimum Gasteiger partial charge on any atom is -0.480 e. The van der Waals surface area contributed by atoms with Crippen molar-refractivity contribution in [3.8, 4) is 11.1 Å². The molecular formula is C20H14N2O4. The molecule has 1 unspecified atom stereocenters. The van der Waals surface area contributed by atoms with Crippen LogP contribution in [0, 0.1) is 0 Å². The molecular weight excluding hydrogens is 332 g/mol. The van der Waals surface area contributed by atoms with Gasteiger partial charge in [-0.25, -0.2) is 4.79 Å². The van der Waals surface area contributed by atoms with E-state index >= 15 is 0 Å². The smallest absolute Gasteiger partial charge is 0.328 e. The van der Waals surface area contributed by atoms with Gasteiger partial charge in [-0.2, -0.15) is 5.10 Å². The second-order valence-corrected chi connectivity index (χ2v) is 6.16. The van der Waals surface area contributed by atoms with E-state index in [1.807, 2.05) is 0 Å². The fraction of sp³-hybridized carbons (Fsp3) is 0.100. The van der Waals surface area contributed by atoms with Crippen LogP contribution in [0.5, 0.6) is 0 Å². The van der Waals surface area contributed by atoms with Crippen molar-refractivity contribution in [1.82, 2.24) is 9.78 Å². The first-order chi connectivity index (χ1) is 12.5. The van der Waals surface area contributed by atoms with E-state index in [4.69, 9.17) is 5.11 Å². The Morgan fingerprint density at radius 3 is 2.27 bits per heavy atom. The summed E-state index contributed by atoms with van der Waals surface area (Å²) in [5.41, 5.74) is 2.62. The van der Waals surface area contributed by atoms with Gasteiger partial charge in [0, 0.05) is 34.0 Å². The predicted molar refractivity (Wildman–Crippen MR) is 93.3 cm³/mol. The first kappa shape index (κ1) is 16.0. The molecule has 1 aromatic heterocycles. The van der Waals surface area contributed by atoms with E-state index in [9.17, 15) is 14.4 Å². The lowest BCUT2D eigenvalue weighted by Gasteiger charge is -2.19. The molecule has 0 bridgehead atoms. The first-order valence-electron chi connectivity index (χ1n) is 8.08. The van der Waals surface area contributed by atoms with Crippen molar-refractivity contribution >= 4 is 17.5 Å². The molecule has 26 heavy (non-hydrogen) atoms. The van der Waals surface area contributed by atoms with Crippen LogP contribution in [0.25, 0.3) is 11.1 Å². The summed E-state index contributed by atoms with van der Waals surface area (Å²) >= 11 is 0. The minimum atomic E-state index is -1.00. The number of rotatable bonds is 3. The molecule has 0 amide bonds. The molecule has 2 aromatic carbocycles. The van der Waals surface area contributed by atoms with E-state index in [0.29, 0.717) is 33.4 Å². The van der Waals surface area contributed by atoms with Gasteiger partial charge in [-0.3, -0.25) is 14.3 Å². The second kappa shape index (κ2) is 5.77. The Labute approximate surface area is 148 Å². The summed E-state index contributed by atoms with van der Waals surface area (Å²) in [5, 5.41) is 13.2. The van der Waals surface area contributed by atoms with Crippen molar-refractivity contribution in [2.75, 3.05) is 0 Å². The zero-order chi connectivity index (χ0) is 18.4. The van der Waals surface area contributed by atoms with Crippen molar-refractivity contribution in [1.29, 1.82) is 0 Å². The number of hydrogen-bond acceptors (Lipinski definition) is 4. The number of fused-ring (bicyclic) bond motifs is 2. The number of carbonyl (C=O) groups excluding carboxylic acids is 2. The third-order valence-corrected chi connectivity index (χ3v) is 4.62. The Bertz CT molecular complexity index is 1080. The second-order valence-electron chi connectivity index (χ2n) is 6.16. The van der Waals surface area contributed by atoms with E-state index in [0.717, 1.165) is 0 Å². The van der Waals surface area contributed by atoms with Crippen LogP contribution in [0.15, 0.2) is 54.9 Å². The van der Waals surface area contributed by atoms with Gasteiger partial charge in [0.1, 0.15) is 6.04 Å². The third-order valence-electron chi connectivity index (χ3n) is 4.62. The van der Waals surface area contributed by atoms with Gasteiger partial charge in [-0.1, -0.05) is 42.5 Å². The number of benzene rings is 2. The highest BCUT2D eigenvalue weighted by Crippen LogP contribution is 2.34. The van der Waals surface area contributed by atoms with Gasteiger partial charge in [0.05, 0.1) is 6.20 Å². The predicted octanol–water partition coefficient (Wildman–Crippen LogP) is 2.97. The van der Waals surface area contributed by atoms with Gasteiger partial charge in [0.2, 0.25) is 0 Å². The zero-order valence-corrected chi connectivity index (χ0v) is 13.8. The fourth-order valence-corrected chi connectivity index (χ4v) is 3.19. The standard InChI is InChI=1S/C20H14N2O4/c1-11(20(25)26)22-10-12(9-21-22)13-7-4-8-16-17(13)19(24)15-6-3-2-5-14(15)18(16)23/h2-11H,1H3,(H,25,26). The van der Waals surface area contributed by atoms with Gasteiger partial charge >= 0.3 is 5.97 Å². The molecule has 0 aliphatic heterocycles. The highest BCUT2D eigenvalue weighted by Gasteiger charge is 2.31. The highest BCUT2D eigenvalue weighted by atomic mass is 16.4. The lowest BCUT2D eigenvalue weighted by Crippen LogP contribution is -2.21. The summed E-state index contributed by atoms with van der Waals surface area (Å²) in [4.78, 5) is 37.0. The number of hydrogen-bond donors (Lipinski definition) is 1.